The number of nitrogens with zero attached hydrogens (tertiary/aromatic N) is 3. The molecule has 1 saturated heterocycles. The molecule has 1 aliphatic heterocycles. The lowest BCUT2D eigenvalue weighted by molar-refractivity contribution is 0.286. The first-order chi connectivity index (χ1) is 9.74. The third-order valence-electron chi connectivity index (χ3n) is 3.74. The summed E-state index contributed by atoms with van der Waals surface area (Å²) in [6, 6.07) is 4.06. The van der Waals surface area contributed by atoms with Crippen molar-refractivity contribution in [1.82, 2.24) is 15.1 Å². The lowest BCUT2D eigenvalue weighted by atomic mass is 10.1. The van der Waals surface area contributed by atoms with Crippen LogP contribution in [0.15, 0.2) is 21.0 Å². The van der Waals surface area contributed by atoms with Crippen molar-refractivity contribution >= 4 is 0 Å². The fourth-order valence-corrected chi connectivity index (χ4v) is 2.71. The Hall–Kier alpha value is -1.62. The van der Waals surface area contributed by atoms with Crippen LogP contribution >= 0.6 is 0 Å². The van der Waals surface area contributed by atoms with Gasteiger partial charge in [0.2, 0.25) is 11.8 Å². The SMILES string of the molecule is CCCc1nnc([C@H]2CCN(Cc3ccc(C)o3)C2)o1. The predicted octanol–water partition coefficient (Wildman–Crippen LogP) is 2.91. The zero-order valence-electron chi connectivity index (χ0n) is 12.1. The van der Waals surface area contributed by atoms with E-state index < -0.39 is 0 Å². The van der Waals surface area contributed by atoms with E-state index in [1.165, 1.54) is 0 Å². The standard InChI is InChI=1S/C15H21N3O2/c1-3-4-14-16-17-15(20-14)12-7-8-18(9-12)10-13-6-5-11(2)19-13/h5-6,12H,3-4,7-10H2,1-2H3/t12-/m0/s1. The van der Waals surface area contributed by atoms with Crippen LogP contribution in [0, 0.1) is 6.92 Å². The van der Waals surface area contributed by atoms with Crippen LogP contribution in [0.25, 0.3) is 0 Å². The largest absolute Gasteiger partial charge is 0.465 e. The monoisotopic (exact) mass is 275 g/mol. The Bertz CT molecular complexity index is 561. The average molecular weight is 275 g/mol. The lowest BCUT2D eigenvalue weighted by Gasteiger charge is -2.12. The molecule has 5 nitrogen and oxygen atoms in total. The van der Waals surface area contributed by atoms with Gasteiger partial charge in [-0.1, -0.05) is 6.92 Å². The summed E-state index contributed by atoms with van der Waals surface area (Å²) in [6.07, 6.45) is 2.98. The number of rotatable bonds is 5. The molecular formula is C15H21N3O2. The minimum Gasteiger partial charge on any atom is -0.465 e. The van der Waals surface area contributed by atoms with Crippen molar-refractivity contribution in [2.75, 3.05) is 13.1 Å². The van der Waals surface area contributed by atoms with Crippen LogP contribution in [0.3, 0.4) is 0 Å². The Morgan fingerprint density at radius 3 is 2.95 bits per heavy atom. The van der Waals surface area contributed by atoms with Gasteiger partial charge in [0.05, 0.1) is 12.5 Å². The van der Waals surface area contributed by atoms with Gasteiger partial charge in [-0.25, -0.2) is 0 Å². The maximum Gasteiger partial charge on any atom is 0.220 e. The second-order valence-electron chi connectivity index (χ2n) is 5.52. The Balaban J connectivity index is 1.58. The van der Waals surface area contributed by atoms with Crippen LogP contribution in [0.1, 0.15) is 49.0 Å². The van der Waals surface area contributed by atoms with Crippen molar-refractivity contribution < 1.29 is 8.83 Å². The van der Waals surface area contributed by atoms with Crippen LogP contribution in [0.4, 0.5) is 0 Å². The first-order valence-electron chi connectivity index (χ1n) is 7.34. The highest BCUT2D eigenvalue weighted by Gasteiger charge is 2.28. The molecule has 0 N–H and O–H groups in total. The first kappa shape index (κ1) is 13.4. The van der Waals surface area contributed by atoms with Gasteiger partial charge in [0, 0.05) is 13.0 Å². The van der Waals surface area contributed by atoms with Crippen molar-refractivity contribution in [1.29, 1.82) is 0 Å². The summed E-state index contributed by atoms with van der Waals surface area (Å²) in [5, 5.41) is 8.30. The molecule has 2 aromatic heterocycles. The third kappa shape index (κ3) is 2.93. The van der Waals surface area contributed by atoms with E-state index in [4.69, 9.17) is 8.83 Å². The third-order valence-corrected chi connectivity index (χ3v) is 3.74. The molecule has 3 rings (SSSR count). The fraction of sp³-hybridized carbons (Fsp3) is 0.600. The summed E-state index contributed by atoms with van der Waals surface area (Å²) < 4.78 is 11.4. The maximum absolute atomic E-state index is 5.74. The highest BCUT2D eigenvalue weighted by molar-refractivity contribution is 5.06. The van der Waals surface area contributed by atoms with E-state index in [1.807, 2.05) is 13.0 Å². The van der Waals surface area contributed by atoms with Crippen molar-refractivity contribution in [2.24, 2.45) is 0 Å². The summed E-state index contributed by atoms with van der Waals surface area (Å²) in [6.45, 7) is 6.97. The van der Waals surface area contributed by atoms with Gasteiger partial charge in [-0.2, -0.15) is 0 Å². The van der Waals surface area contributed by atoms with Crippen LogP contribution < -0.4 is 0 Å². The summed E-state index contributed by atoms with van der Waals surface area (Å²) in [4.78, 5) is 2.38. The highest BCUT2D eigenvalue weighted by Crippen LogP contribution is 2.27. The molecule has 1 fully saturated rings. The van der Waals surface area contributed by atoms with E-state index in [1.54, 1.807) is 0 Å². The molecule has 3 heterocycles. The molecular weight excluding hydrogens is 254 g/mol. The van der Waals surface area contributed by atoms with Gasteiger partial charge in [-0.05, 0) is 38.4 Å². The van der Waals surface area contributed by atoms with Gasteiger partial charge in [0.1, 0.15) is 11.5 Å². The Kier molecular flexibility index (Phi) is 3.87. The maximum atomic E-state index is 5.74. The number of furan rings is 1. The Morgan fingerprint density at radius 1 is 1.30 bits per heavy atom. The summed E-state index contributed by atoms with van der Waals surface area (Å²) in [7, 11) is 0. The van der Waals surface area contributed by atoms with E-state index in [0.717, 1.165) is 62.2 Å². The number of aromatic nitrogens is 2. The number of hydrogen-bond acceptors (Lipinski definition) is 5. The molecule has 0 spiro atoms. The lowest BCUT2D eigenvalue weighted by Crippen LogP contribution is -2.19. The van der Waals surface area contributed by atoms with Gasteiger partial charge in [0.25, 0.3) is 0 Å². The topological polar surface area (TPSA) is 55.3 Å². The molecule has 108 valence electrons. The number of likely N-dealkylation sites (tertiary alicyclic amines) is 1. The van der Waals surface area contributed by atoms with Crippen molar-refractivity contribution in [3.05, 3.63) is 35.4 Å². The van der Waals surface area contributed by atoms with E-state index >= 15 is 0 Å². The smallest absolute Gasteiger partial charge is 0.220 e. The van der Waals surface area contributed by atoms with Crippen LogP contribution in [0.2, 0.25) is 0 Å². The van der Waals surface area contributed by atoms with Gasteiger partial charge in [-0.3, -0.25) is 4.90 Å². The average Bonchev–Trinajstić information content (AvgIpc) is 3.12. The molecule has 0 bridgehead atoms. The Morgan fingerprint density at radius 2 is 2.20 bits per heavy atom. The molecule has 0 unspecified atom stereocenters. The molecule has 0 amide bonds. The van der Waals surface area contributed by atoms with E-state index in [-0.39, 0.29) is 0 Å². The molecule has 0 aliphatic carbocycles. The minimum atomic E-state index is 0.365. The van der Waals surface area contributed by atoms with Crippen LogP contribution in [-0.4, -0.2) is 28.2 Å². The van der Waals surface area contributed by atoms with Gasteiger partial charge < -0.3 is 8.83 Å². The molecule has 0 saturated carbocycles. The zero-order valence-corrected chi connectivity index (χ0v) is 12.1. The van der Waals surface area contributed by atoms with Gasteiger partial charge >= 0.3 is 0 Å². The Labute approximate surface area is 119 Å². The molecule has 2 aromatic rings. The summed E-state index contributed by atoms with van der Waals surface area (Å²) >= 11 is 0. The molecule has 0 radical (unpaired) electrons. The second-order valence-corrected chi connectivity index (χ2v) is 5.52. The minimum absolute atomic E-state index is 0.365. The quantitative estimate of drug-likeness (QED) is 0.839. The van der Waals surface area contributed by atoms with Gasteiger partial charge in [0.15, 0.2) is 0 Å². The summed E-state index contributed by atoms with van der Waals surface area (Å²) in [5.41, 5.74) is 0. The molecule has 20 heavy (non-hydrogen) atoms. The second kappa shape index (κ2) is 5.79. The molecule has 0 aromatic carbocycles. The van der Waals surface area contributed by atoms with E-state index in [0.29, 0.717) is 5.92 Å². The van der Waals surface area contributed by atoms with Crippen molar-refractivity contribution in [3.63, 3.8) is 0 Å². The van der Waals surface area contributed by atoms with E-state index in [2.05, 4.69) is 28.1 Å². The molecule has 1 atom stereocenters. The molecule has 5 heteroatoms. The highest BCUT2D eigenvalue weighted by atomic mass is 16.4. The zero-order chi connectivity index (χ0) is 13.9. The normalized spacial score (nSPS) is 19.8. The van der Waals surface area contributed by atoms with Crippen LogP contribution in [0.5, 0.6) is 0 Å². The van der Waals surface area contributed by atoms with Crippen molar-refractivity contribution in [2.45, 2.75) is 45.6 Å². The first-order valence-corrected chi connectivity index (χ1v) is 7.34. The fourth-order valence-electron chi connectivity index (χ4n) is 2.71. The molecule has 1 aliphatic rings. The number of aryl methyl sites for hydroxylation is 2. The van der Waals surface area contributed by atoms with Gasteiger partial charge in [-0.15, -0.1) is 10.2 Å². The predicted molar refractivity (Wildman–Crippen MR) is 74.4 cm³/mol. The van der Waals surface area contributed by atoms with E-state index in [9.17, 15) is 0 Å². The number of hydrogen-bond donors (Lipinski definition) is 0. The van der Waals surface area contributed by atoms with Crippen LogP contribution in [-0.2, 0) is 13.0 Å². The van der Waals surface area contributed by atoms with Crippen molar-refractivity contribution in [3.8, 4) is 0 Å². The summed E-state index contributed by atoms with van der Waals surface area (Å²) in [5.74, 6) is 3.93.